The summed E-state index contributed by atoms with van der Waals surface area (Å²) in [6.45, 7) is 9.40. The van der Waals surface area contributed by atoms with Gasteiger partial charge in [-0.05, 0) is 18.6 Å². The van der Waals surface area contributed by atoms with Gasteiger partial charge in [0.1, 0.15) is 17.3 Å². The summed E-state index contributed by atoms with van der Waals surface area (Å²) in [6, 6.07) is 5.48. The number of benzene rings is 1. The van der Waals surface area contributed by atoms with Gasteiger partial charge in [0, 0.05) is 17.5 Å². The lowest BCUT2D eigenvalue weighted by atomic mass is 9.95. The zero-order chi connectivity index (χ0) is 15.8. The second-order valence-electron chi connectivity index (χ2n) is 6.20. The third-order valence-corrected chi connectivity index (χ3v) is 4.06. The van der Waals surface area contributed by atoms with Gasteiger partial charge in [0.15, 0.2) is 0 Å². The van der Waals surface area contributed by atoms with E-state index in [1.54, 1.807) is 6.07 Å². The highest BCUT2D eigenvalue weighted by Gasteiger charge is 2.25. The molecule has 0 amide bonds. The van der Waals surface area contributed by atoms with Crippen LogP contribution in [0.4, 0.5) is 5.82 Å². The molecule has 0 bridgehead atoms. The molecule has 0 aliphatic rings. The van der Waals surface area contributed by atoms with Crippen molar-refractivity contribution in [2.24, 2.45) is 0 Å². The molecule has 0 aliphatic heterocycles. The standard InChI is InChI=1S/C16H21Cl2N3/c1-5-8-21-14(19)13(20-15(21)16(2,3)4)10-6-7-11(17)12(18)9-10/h6-7,9H,5,8,19H2,1-4H3. The first-order valence-electron chi connectivity index (χ1n) is 7.07. The van der Waals surface area contributed by atoms with Crippen LogP contribution in [-0.2, 0) is 12.0 Å². The van der Waals surface area contributed by atoms with Crippen LogP contribution >= 0.6 is 23.2 Å². The van der Waals surface area contributed by atoms with Crippen LogP contribution in [0.25, 0.3) is 11.3 Å². The van der Waals surface area contributed by atoms with Gasteiger partial charge >= 0.3 is 0 Å². The molecule has 0 saturated carbocycles. The van der Waals surface area contributed by atoms with Crippen LogP contribution in [0.15, 0.2) is 18.2 Å². The lowest BCUT2D eigenvalue weighted by Gasteiger charge is -2.19. The fraction of sp³-hybridized carbons (Fsp3) is 0.438. The van der Waals surface area contributed by atoms with Gasteiger partial charge in [-0.25, -0.2) is 4.98 Å². The van der Waals surface area contributed by atoms with E-state index < -0.39 is 0 Å². The highest BCUT2D eigenvalue weighted by molar-refractivity contribution is 6.42. The lowest BCUT2D eigenvalue weighted by Crippen LogP contribution is -2.19. The second-order valence-corrected chi connectivity index (χ2v) is 7.01. The molecule has 1 heterocycles. The average Bonchev–Trinajstić information content (AvgIpc) is 2.71. The van der Waals surface area contributed by atoms with Crippen molar-refractivity contribution in [1.29, 1.82) is 0 Å². The fourth-order valence-electron chi connectivity index (χ4n) is 2.34. The number of imidazole rings is 1. The first kappa shape index (κ1) is 16.2. The molecule has 0 radical (unpaired) electrons. The predicted octanol–water partition coefficient (Wildman–Crippen LogP) is 5.15. The van der Waals surface area contributed by atoms with E-state index >= 15 is 0 Å². The van der Waals surface area contributed by atoms with Crippen LogP contribution in [-0.4, -0.2) is 9.55 Å². The van der Waals surface area contributed by atoms with E-state index in [0.29, 0.717) is 15.9 Å². The monoisotopic (exact) mass is 325 g/mol. The minimum absolute atomic E-state index is 0.0717. The van der Waals surface area contributed by atoms with Crippen molar-refractivity contribution < 1.29 is 0 Å². The van der Waals surface area contributed by atoms with Gasteiger partial charge in [-0.15, -0.1) is 0 Å². The van der Waals surface area contributed by atoms with Crippen molar-refractivity contribution in [3.05, 3.63) is 34.1 Å². The summed E-state index contributed by atoms with van der Waals surface area (Å²) < 4.78 is 2.10. The lowest BCUT2D eigenvalue weighted by molar-refractivity contribution is 0.498. The van der Waals surface area contributed by atoms with Gasteiger partial charge in [0.25, 0.3) is 0 Å². The molecule has 1 aromatic carbocycles. The van der Waals surface area contributed by atoms with Crippen molar-refractivity contribution in [3.63, 3.8) is 0 Å². The third-order valence-electron chi connectivity index (χ3n) is 3.32. The van der Waals surface area contributed by atoms with E-state index in [1.807, 2.05) is 12.1 Å². The van der Waals surface area contributed by atoms with E-state index in [1.165, 1.54) is 0 Å². The Kier molecular flexibility index (Phi) is 4.54. The number of nitrogens with two attached hydrogens (primary N) is 1. The molecule has 0 spiro atoms. The number of rotatable bonds is 3. The number of nitrogens with zero attached hydrogens (tertiary/aromatic N) is 2. The zero-order valence-electron chi connectivity index (χ0n) is 12.9. The molecule has 0 saturated heterocycles. The van der Waals surface area contributed by atoms with E-state index in [0.717, 1.165) is 30.0 Å². The Labute approximate surface area is 136 Å². The summed E-state index contributed by atoms with van der Waals surface area (Å²) in [5, 5.41) is 1.04. The Hall–Kier alpha value is -1.19. The number of anilines is 1. The molecule has 21 heavy (non-hydrogen) atoms. The van der Waals surface area contributed by atoms with Crippen LogP contribution in [0.1, 0.15) is 39.9 Å². The zero-order valence-corrected chi connectivity index (χ0v) is 14.4. The summed E-state index contributed by atoms with van der Waals surface area (Å²) in [7, 11) is 0. The van der Waals surface area contributed by atoms with Crippen LogP contribution in [0.5, 0.6) is 0 Å². The molecule has 0 fully saturated rings. The number of aromatic nitrogens is 2. The maximum Gasteiger partial charge on any atom is 0.131 e. The van der Waals surface area contributed by atoms with Gasteiger partial charge in [-0.2, -0.15) is 0 Å². The molecular formula is C16H21Cl2N3. The molecule has 0 unspecified atom stereocenters. The van der Waals surface area contributed by atoms with Crippen molar-refractivity contribution in [2.45, 2.75) is 46.1 Å². The fourth-order valence-corrected chi connectivity index (χ4v) is 2.64. The molecule has 114 valence electrons. The Morgan fingerprint density at radius 2 is 1.86 bits per heavy atom. The number of nitrogen functional groups attached to an aromatic ring is 1. The first-order valence-corrected chi connectivity index (χ1v) is 7.83. The number of hydrogen-bond donors (Lipinski definition) is 1. The summed E-state index contributed by atoms with van der Waals surface area (Å²) in [5.74, 6) is 1.67. The smallest absolute Gasteiger partial charge is 0.131 e. The predicted molar refractivity (Wildman–Crippen MR) is 91.1 cm³/mol. The van der Waals surface area contributed by atoms with E-state index in [-0.39, 0.29) is 5.41 Å². The Morgan fingerprint density at radius 1 is 1.19 bits per heavy atom. The molecule has 3 nitrogen and oxygen atoms in total. The second kappa shape index (κ2) is 5.90. The van der Waals surface area contributed by atoms with Crippen molar-refractivity contribution in [2.75, 3.05) is 5.73 Å². The minimum Gasteiger partial charge on any atom is -0.383 e. The van der Waals surface area contributed by atoms with Crippen LogP contribution < -0.4 is 5.73 Å². The Bertz CT molecular complexity index is 654. The first-order chi connectivity index (χ1) is 9.75. The summed E-state index contributed by atoms with van der Waals surface area (Å²) >= 11 is 12.1. The van der Waals surface area contributed by atoms with Gasteiger partial charge in [0.05, 0.1) is 10.0 Å². The largest absolute Gasteiger partial charge is 0.383 e. The maximum atomic E-state index is 6.33. The van der Waals surface area contributed by atoms with Crippen molar-refractivity contribution in [1.82, 2.24) is 9.55 Å². The maximum absolute atomic E-state index is 6.33. The van der Waals surface area contributed by atoms with Gasteiger partial charge < -0.3 is 10.3 Å². The molecule has 0 aliphatic carbocycles. The Balaban J connectivity index is 2.61. The highest BCUT2D eigenvalue weighted by atomic mass is 35.5. The van der Waals surface area contributed by atoms with Gasteiger partial charge in [0.2, 0.25) is 0 Å². The SMILES string of the molecule is CCCn1c(C(C)(C)C)nc(-c2ccc(Cl)c(Cl)c2)c1N. The van der Waals surface area contributed by atoms with Crippen LogP contribution in [0.3, 0.4) is 0 Å². The normalized spacial score (nSPS) is 11.9. The molecule has 5 heteroatoms. The van der Waals surface area contributed by atoms with Crippen LogP contribution in [0, 0.1) is 0 Å². The summed E-state index contributed by atoms with van der Waals surface area (Å²) in [4.78, 5) is 4.78. The average molecular weight is 326 g/mol. The van der Waals surface area contributed by atoms with Crippen LogP contribution in [0.2, 0.25) is 10.0 Å². The quantitative estimate of drug-likeness (QED) is 0.848. The number of halogens is 2. The highest BCUT2D eigenvalue weighted by Crippen LogP contribution is 2.34. The molecule has 1 aromatic heterocycles. The van der Waals surface area contributed by atoms with Crippen molar-refractivity contribution in [3.8, 4) is 11.3 Å². The molecule has 2 N–H and O–H groups in total. The summed E-state index contributed by atoms with van der Waals surface area (Å²) in [6.07, 6.45) is 1.00. The topological polar surface area (TPSA) is 43.8 Å². The number of hydrogen-bond acceptors (Lipinski definition) is 2. The van der Waals surface area contributed by atoms with Gasteiger partial charge in [-0.1, -0.05) is 57.0 Å². The van der Waals surface area contributed by atoms with E-state index in [9.17, 15) is 0 Å². The third kappa shape index (κ3) is 3.19. The van der Waals surface area contributed by atoms with E-state index in [4.69, 9.17) is 33.9 Å². The van der Waals surface area contributed by atoms with Gasteiger partial charge in [-0.3, -0.25) is 0 Å². The Morgan fingerprint density at radius 3 is 2.38 bits per heavy atom. The molecule has 0 atom stereocenters. The molecule has 2 rings (SSSR count). The molecular weight excluding hydrogens is 305 g/mol. The summed E-state index contributed by atoms with van der Waals surface area (Å²) in [5.41, 5.74) is 7.92. The van der Waals surface area contributed by atoms with E-state index in [2.05, 4.69) is 32.3 Å². The minimum atomic E-state index is -0.0717. The molecule has 2 aromatic rings. The van der Waals surface area contributed by atoms with Crippen molar-refractivity contribution >= 4 is 29.0 Å².